The molecule has 1 aromatic carbocycles. The molecule has 1 atom stereocenters. The van der Waals surface area contributed by atoms with E-state index in [4.69, 9.17) is 10.5 Å². The molecule has 1 unspecified atom stereocenters. The molecular weight excluding hydrogens is 246 g/mol. The lowest BCUT2D eigenvalue weighted by molar-refractivity contribution is -0.123. The molecule has 7 heteroatoms. The lowest BCUT2D eigenvalue weighted by Crippen LogP contribution is -2.31. The third-order valence-corrected chi connectivity index (χ3v) is 2.45. The first-order valence-electron chi connectivity index (χ1n) is 5.78. The summed E-state index contributed by atoms with van der Waals surface area (Å²) >= 11 is 0. The molecule has 0 radical (unpaired) electrons. The van der Waals surface area contributed by atoms with Crippen molar-refractivity contribution in [3.05, 3.63) is 36.4 Å². The summed E-state index contributed by atoms with van der Waals surface area (Å²) in [6.45, 7) is 1.72. The van der Waals surface area contributed by atoms with Crippen molar-refractivity contribution >= 4 is 11.6 Å². The molecule has 0 saturated heterocycles. The van der Waals surface area contributed by atoms with Crippen molar-refractivity contribution in [2.24, 2.45) is 0 Å². The van der Waals surface area contributed by atoms with Crippen LogP contribution in [0.1, 0.15) is 18.8 Å². The van der Waals surface area contributed by atoms with E-state index in [1.165, 1.54) is 6.33 Å². The van der Waals surface area contributed by atoms with Crippen LogP contribution in [0.5, 0.6) is 5.75 Å². The van der Waals surface area contributed by atoms with E-state index >= 15 is 0 Å². The summed E-state index contributed by atoms with van der Waals surface area (Å²) in [6, 6.07) is 6.66. The fourth-order valence-corrected chi connectivity index (χ4v) is 1.53. The van der Waals surface area contributed by atoms with Crippen molar-refractivity contribution < 1.29 is 9.53 Å². The lowest BCUT2D eigenvalue weighted by atomic mass is 10.3. The van der Waals surface area contributed by atoms with Gasteiger partial charge in [0.15, 0.2) is 6.61 Å². The lowest BCUT2D eigenvalue weighted by Gasteiger charge is -2.11. The van der Waals surface area contributed by atoms with E-state index in [0.29, 0.717) is 17.3 Å². The topological polar surface area (TPSA) is 106 Å². The Balaban J connectivity index is 1.82. The first-order chi connectivity index (χ1) is 9.15. The Morgan fingerprint density at radius 1 is 1.58 bits per heavy atom. The summed E-state index contributed by atoms with van der Waals surface area (Å²) in [6.07, 6.45) is 1.39. The highest BCUT2D eigenvalue weighted by Gasteiger charge is 2.12. The maximum absolute atomic E-state index is 11.7. The summed E-state index contributed by atoms with van der Waals surface area (Å²) in [5.41, 5.74) is 6.20. The first kappa shape index (κ1) is 12.9. The predicted octanol–water partition coefficient (Wildman–Crippen LogP) is 0.643. The van der Waals surface area contributed by atoms with Crippen LogP contribution in [0.15, 0.2) is 30.6 Å². The van der Waals surface area contributed by atoms with Gasteiger partial charge in [0.1, 0.15) is 17.9 Å². The molecule has 0 aliphatic rings. The molecule has 7 nitrogen and oxygen atoms in total. The number of hydrogen-bond acceptors (Lipinski definition) is 5. The number of aromatic nitrogens is 3. The van der Waals surface area contributed by atoms with Crippen LogP contribution < -0.4 is 15.8 Å². The zero-order chi connectivity index (χ0) is 13.7. The fraction of sp³-hybridized carbons (Fsp3) is 0.250. The molecule has 1 aromatic heterocycles. The number of nitrogen functional groups attached to an aromatic ring is 1. The third-order valence-electron chi connectivity index (χ3n) is 2.45. The van der Waals surface area contributed by atoms with Gasteiger partial charge in [0.2, 0.25) is 0 Å². The van der Waals surface area contributed by atoms with Crippen LogP contribution in [0.2, 0.25) is 0 Å². The molecule has 0 aliphatic heterocycles. The molecular formula is C12H15N5O2. The average molecular weight is 261 g/mol. The highest BCUT2D eigenvalue weighted by atomic mass is 16.5. The number of nitrogens with zero attached hydrogens (tertiary/aromatic N) is 2. The molecule has 0 fully saturated rings. The van der Waals surface area contributed by atoms with E-state index in [1.807, 2.05) is 0 Å². The van der Waals surface area contributed by atoms with E-state index in [0.717, 1.165) is 0 Å². The Morgan fingerprint density at radius 2 is 2.42 bits per heavy atom. The highest BCUT2D eigenvalue weighted by Crippen LogP contribution is 2.14. The van der Waals surface area contributed by atoms with Crippen LogP contribution in [-0.4, -0.2) is 27.7 Å². The smallest absolute Gasteiger partial charge is 0.258 e. The first-order valence-corrected chi connectivity index (χ1v) is 5.78. The van der Waals surface area contributed by atoms with Crippen molar-refractivity contribution in [1.82, 2.24) is 20.5 Å². The summed E-state index contributed by atoms with van der Waals surface area (Å²) in [4.78, 5) is 15.6. The summed E-state index contributed by atoms with van der Waals surface area (Å²) in [5.74, 6) is 0.908. The van der Waals surface area contributed by atoms with Gasteiger partial charge < -0.3 is 15.8 Å². The summed E-state index contributed by atoms with van der Waals surface area (Å²) < 4.78 is 5.33. The van der Waals surface area contributed by atoms with E-state index in [9.17, 15) is 4.79 Å². The Hall–Kier alpha value is -2.57. The molecule has 0 spiro atoms. The second-order valence-corrected chi connectivity index (χ2v) is 4.02. The van der Waals surface area contributed by atoms with Crippen LogP contribution in [0.25, 0.3) is 0 Å². The number of ether oxygens (including phenoxy) is 1. The summed E-state index contributed by atoms with van der Waals surface area (Å²) in [7, 11) is 0. The van der Waals surface area contributed by atoms with E-state index in [2.05, 4.69) is 20.5 Å². The molecule has 0 saturated carbocycles. The van der Waals surface area contributed by atoms with Crippen LogP contribution in [0, 0.1) is 0 Å². The molecule has 0 aliphatic carbocycles. The number of carbonyl (C=O) groups excluding carboxylic acids is 1. The Bertz CT molecular complexity index is 541. The highest BCUT2D eigenvalue weighted by molar-refractivity contribution is 5.77. The number of benzene rings is 1. The quantitative estimate of drug-likeness (QED) is 0.685. The van der Waals surface area contributed by atoms with Crippen LogP contribution in [0.4, 0.5) is 5.69 Å². The number of amides is 1. The molecule has 0 bridgehead atoms. The molecule has 1 heterocycles. The van der Waals surface area contributed by atoms with Gasteiger partial charge in [-0.1, -0.05) is 6.07 Å². The van der Waals surface area contributed by atoms with Gasteiger partial charge >= 0.3 is 0 Å². The average Bonchev–Trinajstić information content (AvgIpc) is 2.90. The monoisotopic (exact) mass is 261 g/mol. The number of hydrogen-bond donors (Lipinski definition) is 3. The van der Waals surface area contributed by atoms with Gasteiger partial charge in [-0.2, -0.15) is 5.10 Å². The van der Waals surface area contributed by atoms with E-state index in [1.54, 1.807) is 31.2 Å². The van der Waals surface area contributed by atoms with E-state index in [-0.39, 0.29) is 18.6 Å². The zero-order valence-corrected chi connectivity index (χ0v) is 10.5. The predicted molar refractivity (Wildman–Crippen MR) is 69.3 cm³/mol. The van der Waals surface area contributed by atoms with Crippen molar-refractivity contribution in [1.29, 1.82) is 0 Å². The van der Waals surface area contributed by atoms with Crippen LogP contribution in [-0.2, 0) is 4.79 Å². The minimum absolute atomic E-state index is 0.0814. The van der Waals surface area contributed by atoms with Gasteiger partial charge in [-0.25, -0.2) is 4.98 Å². The number of anilines is 1. The standard InChI is InChI=1S/C12H15N5O2/c1-8(12-14-7-15-17-12)16-11(18)6-19-10-4-2-3-9(13)5-10/h2-5,7-8H,6,13H2,1H3,(H,16,18)(H,14,15,17). The van der Waals surface area contributed by atoms with Gasteiger partial charge in [-0.05, 0) is 19.1 Å². The second kappa shape index (κ2) is 5.85. The Labute approximate surface area is 110 Å². The zero-order valence-electron chi connectivity index (χ0n) is 10.5. The number of nitrogens with one attached hydrogen (secondary N) is 2. The number of nitrogens with two attached hydrogens (primary N) is 1. The largest absolute Gasteiger partial charge is 0.484 e. The minimum Gasteiger partial charge on any atom is -0.484 e. The number of carbonyl (C=O) groups is 1. The van der Waals surface area contributed by atoms with Gasteiger partial charge in [-0.15, -0.1) is 0 Å². The fourth-order valence-electron chi connectivity index (χ4n) is 1.53. The normalized spacial score (nSPS) is 11.8. The molecule has 4 N–H and O–H groups in total. The van der Waals surface area contributed by atoms with Gasteiger partial charge in [0, 0.05) is 11.8 Å². The number of H-pyrrole nitrogens is 1. The van der Waals surface area contributed by atoms with Crippen molar-refractivity contribution in [2.45, 2.75) is 13.0 Å². The minimum atomic E-state index is -0.251. The number of rotatable bonds is 5. The van der Waals surface area contributed by atoms with Gasteiger partial charge in [0.25, 0.3) is 5.91 Å². The van der Waals surface area contributed by atoms with Gasteiger partial charge in [0.05, 0.1) is 6.04 Å². The second-order valence-electron chi connectivity index (χ2n) is 4.02. The van der Waals surface area contributed by atoms with Crippen molar-refractivity contribution in [3.63, 3.8) is 0 Å². The molecule has 100 valence electrons. The van der Waals surface area contributed by atoms with Crippen molar-refractivity contribution in [3.8, 4) is 5.75 Å². The van der Waals surface area contributed by atoms with Crippen molar-refractivity contribution in [2.75, 3.05) is 12.3 Å². The maximum Gasteiger partial charge on any atom is 0.258 e. The molecule has 2 aromatic rings. The number of aromatic amines is 1. The Kier molecular flexibility index (Phi) is 3.97. The molecule has 2 rings (SSSR count). The maximum atomic E-state index is 11.7. The molecule has 1 amide bonds. The third kappa shape index (κ3) is 3.70. The van der Waals surface area contributed by atoms with E-state index < -0.39 is 0 Å². The van der Waals surface area contributed by atoms with Crippen LogP contribution >= 0.6 is 0 Å². The summed E-state index contributed by atoms with van der Waals surface area (Å²) in [5, 5.41) is 9.15. The van der Waals surface area contributed by atoms with Crippen LogP contribution in [0.3, 0.4) is 0 Å². The SMILES string of the molecule is CC(NC(=O)COc1cccc(N)c1)c1ncn[nH]1. The van der Waals surface area contributed by atoms with Gasteiger partial charge in [-0.3, -0.25) is 9.89 Å². The molecule has 19 heavy (non-hydrogen) atoms. The Morgan fingerprint density at radius 3 is 3.11 bits per heavy atom.